The van der Waals surface area contributed by atoms with Gasteiger partial charge in [0, 0.05) is 18.6 Å². The van der Waals surface area contributed by atoms with Gasteiger partial charge < -0.3 is 15.3 Å². The van der Waals surface area contributed by atoms with Crippen LogP contribution in [-0.2, 0) is 0 Å². The minimum absolute atomic E-state index is 0.358. The number of hydrogen-bond acceptors (Lipinski definition) is 3. The quantitative estimate of drug-likeness (QED) is 0.788. The highest BCUT2D eigenvalue weighted by atomic mass is 16.3. The van der Waals surface area contributed by atoms with E-state index in [1.807, 2.05) is 6.92 Å². The van der Waals surface area contributed by atoms with Gasteiger partial charge in [0.2, 0.25) is 0 Å². The van der Waals surface area contributed by atoms with Crippen LogP contribution >= 0.6 is 0 Å². The average Bonchev–Trinajstić information content (AvgIpc) is 2.82. The van der Waals surface area contributed by atoms with E-state index in [2.05, 4.69) is 24.1 Å². The van der Waals surface area contributed by atoms with E-state index in [0.717, 1.165) is 19.0 Å². The molecule has 0 radical (unpaired) electrons. The highest BCUT2D eigenvalue weighted by Gasteiger charge is 2.33. The summed E-state index contributed by atoms with van der Waals surface area (Å²) in [6.45, 7) is 9.55. The molecule has 0 aromatic heterocycles. The van der Waals surface area contributed by atoms with Crippen molar-refractivity contribution >= 4 is 0 Å². The normalized spacial score (nSPS) is 34.0. The highest BCUT2D eigenvalue weighted by molar-refractivity contribution is 4.91. The van der Waals surface area contributed by atoms with E-state index >= 15 is 0 Å². The summed E-state index contributed by atoms with van der Waals surface area (Å²) in [5.41, 5.74) is -0.568. The van der Waals surface area contributed by atoms with Crippen molar-refractivity contribution in [2.75, 3.05) is 19.6 Å². The molecule has 106 valence electrons. The number of hydrogen-bond donors (Lipinski definition) is 2. The van der Waals surface area contributed by atoms with E-state index in [1.54, 1.807) is 0 Å². The second-order valence-corrected chi connectivity index (χ2v) is 6.60. The zero-order valence-corrected chi connectivity index (χ0v) is 12.3. The van der Waals surface area contributed by atoms with Crippen LogP contribution in [0, 0.1) is 5.92 Å². The molecule has 0 aliphatic carbocycles. The maximum Gasteiger partial charge on any atom is 0.0768 e. The van der Waals surface area contributed by atoms with Crippen LogP contribution in [0.4, 0.5) is 0 Å². The standard InChI is InChI=1S/C15H30N2O/c1-4-12(2)15(3,18)11-16-13-7-9-17-8-5-6-14(17)10-13/h12-14,16,18H,4-11H2,1-3H3. The Morgan fingerprint density at radius 2 is 2.17 bits per heavy atom. The second-order valence-electron chi connectivity index (χ2n) is 6.60. The number of rotatable bonds is 5. The minimum Gasteiger partial charge on any atom is -0.389 e. The largest absolute Gasteiger partial charge is 0.389 e. The van der Waals surface area contributed by atoms with Gasteiger partial charge >= 0.3 is 0 Å². The molecule has 0 bridgehead atoms. The maximum absolute atomic E-state index is 10.4. The summed E-state index contributed by atoms with van der Waals surface area (Å²) < 4.78 is 0. The molecule has 3 heteroatoms. The van der Waals surface area contributed by atoms with Gasteiger partial charge in [0.05, 0.1) is 5.60 Å². The van der Waals surface area contributed by atoms with E-state index in [0.29, 0.717) is 12.0 Å². The smallest absolute Gasteiger partial charge is 0.0768 e. The Morgan fingerprint density at radius 3 is 2.89 bits per heavy atom. The first-order chi connectivity index (χ1) is 8.53. The third kappa shape index (κ3) is 3.25. The third-order valence-corrected chi connectivity index (χ3v) is 5.24. The molecule has 4 unspecified atom stereocenters. The summed E-state index contributed by atoms with van der Waals surface area (Å²) >= 11 is 0. The Balaban J connectivity index is 1.77. The van der Waals surface area contributed by atoms with Crippen LogP contribution in [0.1, 0.15) is 52.9 Å². The molecule has 2 aliphatic heterocycles. The molecule has 0 amide bonds. The minimum atomic E-state index is -0.568. The van der Waals surface area contributed by atoms with Crippen molar-refractivity contribution in [3.63, 3.8) is 0 Å². The summed E-state index contributed by atoms with van der Waals surface area (Å²) in [6, 6.07) is 1.42. The molecular formula is C15H30N2O. The summed E-state index contributed by atoms with van der Waals surface area (Å²) in [6.07, 6.45) is 6.31. The van der Waals surface area contributed by atoms with E-state index in [1.165, 1.54) is 38.8 Å². The lowest BCUT2D eigenvalue weighted by atomic mass is 9.88. The number of fused-ring (bicyclic) bond motifs is 1. The highest BCUT2D eigenvalue weighted by Crippen LogP contribution is 2.27. The first kappa shape index (κ1) is 14.3. The Kier molecular flexibility index (Phi) is 4.68. The van der Waals surface area contributed by atoms with Crippen molar-refractivity contribution in [1.82, 2.24) is 10.2 Å². The predicted octanol–water partition coefficient (Wildman–Crippen LogP) is 2.00. The lowest BCUT2D eigenvalue weighted by molar-refractivity contribution is 0.000561. The zero-order chi connectivity index (χ0) is 13.2. The van der Waals surface area contributed by atoms with Crippen molar-refractivity contribution in [3.05, 3.63) is 0 Å². The van der Waals surface area contributed by atoms with Gasteiger partial charge in [-0.3, -0.25) is 0 Å². The van der Waals surface area contributed by atoms with E-state index in [4.69, 9.17) is 0 Å². The van der Waals surface area contributed by atoms with Gasteiger partial charge in [0.1, 0.15) is 0 Å². The van der Waals surface area contributed by atoms with E-state index in [-0.39, 0.29) is 0 Å². The molecule has 0 aromatic rings. The molecule has 2 heterocycles. The molecule has 2 aliphatic rings. The van der Waals surface area contributed by atoms with Crippen molar-refractivity contribution in [3.8, 4) is 0 Å². The molecule has 2 rings (SSSR count). The van der Waals surface area contributed by atoms with E-state index in [9.17, 15) is 5.11 Å². The van der Waals surface area contributed by atoms with Crippen molar-refractivity contribution in [2.24, 2.45) is 5.92 Å². The second kappa shape index (κ2) is 5.89. The van der Waals surface area contributed by atoms with Crippen molar-refractivity contribution in [1.29, 1.82) is 0 Å². The third-order valence-electron chi connectivity index (χ3n) is 5.24. The summed E-state index contributed by atoms with van der Waals surface area (Å²) in [5.74, 6) is 0.358. The molecule has 2 fully saturated rings. The van der Waals surface area contributed by atoms with Crippen molar-refractivity contribution in [2.45, 2.75) is 70.6 Å². The monoisotopic (exact) mass is 254 g/mol. The fourth-order valence-electron chi connectivity index (χ4n) is 3.37. The molecule has 2 N–H and O–H groups in total. The SMILES string of the molecule is CCC(C)C(C)(O)CNC1CCN2CCCC2C1. The Morgan fingerprint density at radius 1 is 1.39 bits per heavy atom. The molecule has 0 saturated carbocycles. The van der Waals surface area contributed by atoms with Gasteiger partial charge in [0.25, 0.3) is 0 Å². The van der Waals surface area contributed by atoms with Crippen LogP contribution < -0.4 is 5.32 Å². The van der Waals surface area contributed by atoms with E-state index < -0.39 is 5.60 Å². The lowest BCUT2D eigenvalue weighted by Crippen LogP contribution is -2.51. The van der Waals surface area contributed by atoms with Crippen LogP contribution in [0.2, 0.25) is 0 Å². The van der Waals surface area contributed by atoms with Gasteiger partial charge in [-0.15, -0.1) is 0 Å². The Bertz CT molecular complexity index is 267. The first-order valence-corrected chi connectivity index (χ1v) is 7.72. The van der Waals surface area contributed by atoms with Gasteiger partial charge in [0.15, 0.2) is 0 Å². The predicted molar refractivity (Wildman–Crippen MR) is 75.7 cm³/mol. The number of piperidine rings is 1. The molecule has 18 heavy (non-hydrogen) atoms. The number of nitrogens with one attached hydrogen (secondary N) is 1. The molecule has 0 aromatic carbocycles. The zero-order valence-electron chi connectivity index (χ0n) is 12.3. The average molecular weight is 254 g/mol. The van der Waals surface area contributed by atoms with Crippen LogP contribution in [-0.4, -0.2) is 47.3 Å². The fraction of sp³-hybridized carbons (Fsp3) is 1.00. The molecule has 4 atom stereocenters. The van der Waals surface area contributed by atoms with Gasteiger partial charge in [-0.25, -0.2) is 0 Å². The Labute approximate surface area is 112 Å². The van der Waals surface area contributed by atoms with Crippen LogP contribution in [0.3, 0.4) is 0 Å². The maximum atomic E-state index is 10.4. The lowest BCUT2D eigenvalue weighted by Gasteiger charge is -2.38. The summed E-state index contributed by atoms with van der Waals surface area (Å²) in [4.78, 5) is 2.64. The van der Waals surface area contributed by atoms with Crippen LogP contribution in [0.5, 0.6) is 0 Å². The van der Waals surface area contributed by atoms with Gasteiger partial charge in [-0.2, -0.15) is 0 Å². The summed E-state index contributed by atoms with van der Waals surface area (Å²) in [7, 11) is 0. The Hall–Kier alpha value is -0.120. The van der Waals surface area contributed by atoms with Crippen molar-refractivity contribution < 1.29 is 5.11 Å². The fourth-order valence-corrected chi connectivity index (χ4v) is 3.37. The van der Waals surface area contributed by atoms with Crippen LogP contribution in [0.15, 0.2) is 0 Å². The molecular weight excluding hydrogens is 224 g/mol. The summed E-state index contributed by atoms with van der Waals surface area (Å²) in [5, 5.41) is 14.0. The van der Waals surface area contributed by atoms with Crippen LogP contribution in [0.25, 0.3) is 0 Å². The number of aliphatic hydroxyl groups is 1. The topological polar surface area (TPSA) is 35.5 Å². The molecule has 2 saturated heterocycles. The van der Waals surface area contributed by atoms with Gasteiger partial charge in [-0.05, 0) is 51.6 Å². The first-order valence-electron chi connectivity index (χ1n) is 7.72. The molecule has 0 spiro atoms. The number of nitrogens with zero attached hydrogens (tertiary/aromatic N) is 1. The molecule has 3 nitrogen and oxygen atoms in total. The van der Waals surface area contributed by atoms with Gasteiger partial charge in [-0.1, -0.05) is 20.3 Å².